The Bertz CT molecular complexity index is 963. The molecule has 144 valence electrons. The minimum Gasteiger partial charge on any atom is -0.363 e. The fraction of sp³-hybridized carbons (Fsp3) is 0.333. The Morgan fingerprint density at radius 1 is 1.15 bits per heavy atom. The van der Waals surface area contributed by atoms with Crippen molar-refractivity contribution in [2.45, 2.75) is 24.8 Å². The van der Waals surface area contributed by atoms with Crippen LogP contribution in [0.2, 0.25) is 5.02 Å². The third-order valence-electron chi connectivity index (χ3n) is 4.67. The number of benzene rings is 2. The molecule has 0 aliphatic carbocycles. The van der Waals surface area contributed by atoms with Gasteiger partial charge in [0.15, 0.2) is 0 Å². The van der Waals surface area contributed by atoms with Gasteiger partial charge in [-0.15, -0.1) is 0 Å². The average Bonchev–Trinajstić information content (AvgIpc) is 2.61. The van der Waals surface area contributed by atoms with Gasteiger partial charge in [-0.05, 0) is 38.1 Å². The molecule has 27 heavy (non-hydrogen) atoms. The predicted octanol–water partition coefficient (Wildman–Crippen LogP) is 3.46. The molecule has 1 aliphatic heterocycles. The first-order chi connectivity index (χ1) is 12.7. The van der Waals surface area contributed by atoms with Crippen molar-refractivity contribution in [1.82, 2.24) is 4.31 Å². The van der Waals surface area contributed by atoms with Crippen LogP contribution in [0.1, 0.15) is 12.5 Å². The molecule has 1 aliphatic rings. The average molecular weight is 410 g/mol. The van der Waals surface area contributed by atoms with E-state index in [1.54, 1.807) is 43.3 Å². The van der Waals surface area contributed by atoms with E-state index in [2.05, 4.69) is 0 Å². The number of hydrogen-bond donors (Lipinski definition) is 0. The summed E-state index contributed by atoms with van der Waals surface area (Å²) in [5.74, 6) is 0. The number of nitro groups is 1. The first kappa shape index (κ1) is 19.6. The van der Waals surface area contributed by atoms with Crippen LogP contribution in [0.4, 0.5) is 11.4 Å². The molecule has 1 unspecified atom stereocenters. The van der Waals surface area contributed by atoms with Crippen LogP contribution in [-0.2, 0) is 10.0 Å². The highest BCUT2D eigenvalue weighted by Gasteiger charge is 2.35. The summed E-state index contributed by atoms with van der Waals surface area (Å²) in [6.07, 6.45) is 0. The number of piperazine rings is 1. The van der Waals surface area contributed by atoms with Crippen LogP contribution in [0.15, 0.2) is 47.4 Å². The molecule has 2 aromatic carbocycles. The molecule has 0 spiro atoms. The molecule has 0 saturated carbocycles. The molecule has 0 N–H and O–H groups in total. The number of nitro benzene ring substituents is 1. The van der Waals surface area contributed by atoms with Gasteiger partial charge in [0.25, 0.3) is 5.69 Å². The van der Waals surface area contributed by atoms with Gasteiger partial charge in [0.2, 0.25) is 10.0 Å². The summed E-state index contributed by atoms with van der Waals surface area (Å²) in [6.45, 7) is 4.67. The maximum Gasteiger partial charge on any atom is 0.294 e. The predicted molar refractivity (Wildman–Crippen MR) is 105 cm³/mol. The van der Waals surface area contributed by atoms with Gasteiger partial charge in [-0.3, -0.25) is 10.1 Å². The van der Waals surface area contributed by atoms with Crippen LogP contribution < -0.4 is 4.90 Å². The monoisotopic (exact) mass is 409 g/mol. The van der Waals surface area contributed by atoms with Crippen LogP contribution in [0.3, 0.4) is 0 Å². The molecular formula is C18H20ClN3O4S. The molecule has 9 heteroatoms. The van der Waals surface area contributed by atoms with Gasteiger partial charge in [-0.2, -0.15) is 4.31 Å². The van der Waals surface area contributed by atoms with Crippen LogP contribution in [-0.4, -0.2) is 43.3 Å². The number of nitrogens with zero attached hydrogens (tertiary/aromatic N) is 3. The zero-order chi connectivity index (χ0) is 19.8. The van der Waals surface area contributed by atoms with Crippen molar-refractivity contribution >= 4 is 33.0 Å². The highest BCUT2D eigenvalue weighted by molar-refractivity contribution is 7.89. The van der Waals surface area contributed by atoms with Gasteiger partial charge in [0, 0.05) is 36.8 Å². The second kappa shape index (κ2) is 7.46. The lowest BCUT2D eigenvalue weighted by Crippen LogP contribution is -2.54. The van der Waals surface area contributed by atoms with Gasteiger partial charge in [0.05, 0.1) is 9.82 Å². The van der Waals surface area contributed by atoms with E-state index in [1.165, 1.54) is 10.4 Å². The summed E-state index contributed by atoms with van der Waals surface area (Å²) >= 11 is 5.88. The zero-order valence-electron chi connectivity index (χ0n) is 15.0. The van der Waals surface area contributed by atoms with Gasteiger partial charge < -0.3 is 4.90 Å². The molecular weight excluding hydrogens is 390 g/mol. The Labute approximate surface area is 163 Å². The van der Waals surface area contributed by atoms with Crippen molar-refractivity contribution in [3.05, 3.63) is 63.2 Å². The normalized spacial score (nSPS) is 18.5. The molecule has 1 saturated heterocycles. The molecule has 0 radical (unpaired) electrons. The SMILES string of the molecule is Cc1ccc(S(=O)(=O)N2CCN(c3ccc(Cl)cc3[N+](=O)[O-])CC2C)cc1. The van der Waals surface area contributed by atoms with Crippen molar-refractivity contribution in [1.29, 1.82) is 0 Å². The van der Waals surface area contributed by atoms with E-state index in [0.29, 0.717) is 23.8 Å². The van der Waals surface area contributed by atoms with Gasteiger partial charge >= 0.3 is 0 Å². The number of rotatable bonds is 4. The third-order valence-corrected chi connectivity index (χ3v) is 6.93. The number of hydrogen-bond acceptors (Lipinski definition) is 5. The first-order valence-corrected chi connectivity index (χ1v) is 10.3. The van der Waals surface area contributed by atoms with E-state index in [0.717, 1.165) is 5.56 Å². The van der Waals surface area contributed by atoms with Crippen molar-refractivity contribution in [3.8, 4) is 0 Å². The van der Waals surface area contributed by atoms with Crippen LogP contribution in [0.5, 0.6) is 0 Å². The van der Waals surface area contributed by atoms with E-state index in [-0.39, 0.29) is 23.2 Å². The maximum absolute atomic E-state index is 13.0. The molecule has 1 fully saturated rings. The van der Waals surface area contributed by atoms with E-state index in [4.69, 9.17) is 11.6 Å². The second-order valence-electron chi connectivity index (χ2n) is 6.61. The largest absolute Gasteiger partial charge is 0.363 e. The third kappa shape index (κ3) is 3.92. The standard InChI is InChI=1S/C18H20ClN3O4S/c1-13-3-6-16(7-4-13)27(25,26)21-10-9-20(12-14(21)2)17-8-5-15(19)11-18(17)22(23)24/h3-8,11,14H,9-10,12H2,1-2H3. The quantitative estimate of drug-likeness (QED) is 0.570. The minimum absolute atomic E-state index is 0.0791. The molecule has 1 atom stereocenters. The smallest absolute Gasteiger partial charge is 0.294 e. The van der Waals surface area contributed by atoms with Crippen LogP contribution in [0, 0.1) is 17.0 Å². The van der Waals surface area contributed by atoms with Crippen molar-refractivity contribution in [2.24, 2.45) is 0 Å². The van der Waals surface area contributed by atoms with Crippen LogP contribution in [0.25, 0.3) is 0 Å². The summed E-state index contributed by atoms with van der Waals surface area (Å²) in [7, 11) is -3.62. The number of sulfonamides is 1. The van der Waals surface area contributed by atoms with E-state index in [1.807, 2.05) is 11.8 Å². The molecule has 0 bridgehead atoms. The summed E-state index contributed by atoms with van der Waals surface area (Å²) in [5, 5.41) is 11.6. The minimum atomic E-state index is -3.62. The Morgan fingerprint density at radius 3 is 2.41 bits per heavy atom. The van der Waals surface area contributed by atoms with Crippen LogP contribution >= 0.6 is 11.6 Å². The second-order valence-corrected chi connectivity index (χ2v) is 8.94. The number of aryl methyl sites for hydroxylation is 1. The van der Waals surface area contributed by atoms with Crippen molar-refractivity contribution in [2.75, 3.05) is 24.5 Å². The molecule has 3 rings (SSSR count). The van der Waals surface area contributed by atoms with Gasteiger partial charge in [-0.25, -0.2) is 8.42 Å². The Morgan fingerprint density at radius 2 is 1.81 bits per heavy atom. The number of anilines is 1. The summed E-state index contributed by atoms with van der Waals surface area (Å²) in [4.78, 5) is 13.0. The highest BCUT2D eigenvalue weighted by Crippen LogP contribution is 2.33. The summed E-state index contributed by atoms with van der Waals surface area (Å²) < 4.78 is 27.4. The molecule has 0 aromatic heterocycles. The fourth-order valence-electron chi connectivity index (χ4n) is 3.27. The highest BCUT2D eigenvalue weighted by atomic mass is 35.5. The summed E-state index contributed by atoms with van der Waals surface area (Å²) in [5.41, 5.74) is 1.36. The maximum atomic E-state index is 13.0. The van der Waals surface area contributed by atoms with E-state index >= 15 is 0 Å². The lowest BCUT2D eigenvalue weighted by Gasteiger charge is -2.39. The molecule has 0 amide bonds. The van der Waals surface area contributed by atoms with Gasteiger partial charge in [0.1, 0.15) is 5.69 Å². The number of halogens is 1. The lowest BCUT2D eigenvalue weighted by atomic mass is 10.2. The first-order valence-electron chi connectivity index (χ1n) is 8.47. The lowest BCUT2D eigenvalue weighted by molar-refractivity contribution is -0.384. The molecule has 7 nitrogen and oxygen atoms in total. The van der Waals surface area contributed by atoms with Crippen molar-refractivity contribution in [3.63, 3.8) is 0 Å². The van der Waals surface area contributed by atoms with E-state index in [9.17, 15) is 18.5 Å². The molecule has 1 heterocycles. The Hall–Kier alpha value is -2.16. The molecule has 2 aromatic rings. The zero-order valence-corrected chi connectivity index (χ0v) is 16.6. The topological polar surface area (TPSA) is 83.8 Å². The Kier molecular flexibility index (Phi) is 5.41. The van der Waals surface area contributed by atoms with E-state index < -0.39 is 14.9 Å². The van der Waals surface area contributed by atoms with Crippen molar-refractivity contribution < 1.29 is 13.3 Å². The summed E-state index contributed by atoms with van der Waals surface area (Å²) in [6, 6.07) is 10.9. The fourth-order valence-corrected chi connectivity index (χ4v) is 5.05. The van der Waals surface area contributed by atoms with Gasteiger partial charge in [-0.1, -0.05) is 29.3 Å². The Balaban J connectivity index is 1.84.